The maximum absolute atomic E-state index is 12.8. The van der Waals surface area contributed by atoms with Gasteiger partial charge < -0.3 is 24.8 Å². The van der Waals surface area contributed by atoms with E-state index in [1.807, 2.05) is 6.92 Å². The predicted octanol–water partition coefficient (Wildman–Crippen LogP) is 4.57. The standard InChI is InChI=1S/C21H33F2N3O3.HI/c1-4-24-20(26-15-21(11-12-27-2)9-5-6-10-21)25-14-16-7-8-17(28-3)13-18(16)29-19(22)23;/h7-8,13,19H,4-6,9-12,14-15H2,1-3H3,(H2,24,25,26);1H. The van der Waals surface area contributed by atoms with Gasteiger partial charge in [0.1, 0.15) is 11.5 Å². The zero-order valence-corrected chi connectivity index (χ0v) is 20.3. The monoisotopic (exact) mass is 541 g/mol. The Labute approximate surface area is 195 Å². The largest absolute Gasteiger partial charge is 0.497 e. The smallest absolute Gasteiger partial charge is 0.387 e. The number of rotatable bonds is 11. The van der Waals surface area contributed by atoms with Gasteiger partial charge in [-0.25, -0.2) is 4.99 Å². The second-order valence-electron chi connectivity index (χ2n) is 7.35. The van der Waals surface area contributed by atoms with E-state index in [9.17, 15) is 8.78 Å². The van der Waals surface area contributed by atoms with Crippen LogP contribution in [0.25, 0.3) is 0 Å². The third kappa shape index (κ3) is 8.41. The fraction of sp³-hybridized carbons (Fsp3) is 0.667. The molecule has 172 valence electrons. The molecule has 0 amide bonds. The Bertz CT molecular complexity index is 656. The van der Waals surface area contributed by atoms with Crippen molar-refractivity contribution in [3.8, 4) is 11.5 Å². The molecule has 0 spiro atoms. The molecule has 9 heteroatoms. The fourth-order valence-corrected chi connectivity index (χ4v) is 3.73. The van der Waals surface area contributed by atoms with Crippen molar-refractivity contribution < 1.29 is 23.0 Å². The SMILES string of the molecule is CCNC(=NCc1ccc(OC)cc1OC(F)F)NCC1(CCOC)CCCC1.I. The van der Waals surface area contributed by atoms with Crippen LogP contribution < -0.4 is 20.1 Å². The minimum absolute atomic E-state index is 0. The van der Waals surface area contributed by atoms with Crippen molar-refractivity contribution in [2.24, 2.45) is 10.4 Å². The first kappa shape index (κ1) is 26.7. The molecule has 0 saturated heterocycles. The Hall–Kier alpha value is -1.36. The molecule has 0 aliphatic heterocycles. The van der Waals surface area contributed by atoms with Crippen LogP contribution in [0.4, 0.5) is 8.78 Å². The van der Waals surface area contributed by atoms with Crippen LogP contribution in [0.5, 0.6) is 11.5 Å². The summed E-state index contributed by atoms with van der Waals surface area (Å²) in [4.78, 5) is 4.58. The summed E-state index contributed by atoms with van der Waals surface area (Å²) in [6.07, 6.45) is 5.83. The zero-order chi connectivity index (χ0) is 21.1. The van der Waals surface area contributed by atoms with E-state index in [0.29, 0.717) is 23.8 Å². The summed E-state index contributed by atoms with van der Waals surface area (Å²) in [6.45, 7) is 1.57. The maximum atomic E-state index is 12.8. The first-order chi connectivity index (χ1) is 14.0. The van der Waals surface area contributed by atoms with Gasteiger partial charge in [0.2, 0.25) is 0 Å². The van der Waals surface area contributed by atoms with Gasteiger partial charge in [-0.3, -0.25) is 0 Å². The lowest BCUT2D eigenvalue weighted by atomic mass is 9.83. The highest BCUT2D eigenvalue weighted by Crippen LogP contribution is 2.40. The average Bonchev–Trinajstić information content (AvgIpc) is 3.18. The van der Waals surface area contributed by atoms with Crippen LogP contribution in [0, 0.1) is 5.41 Å². The van der Waals surface area contributed by atoms with Gasteiger partial charge >= 0.3 is 6.61 Å². The Morgan fingerprint density at radius 2 is 1.93 bits per heavy atom. The first-order valence-corrected chi connectivity index (χ1v) is 10.1. The third-order valence-corrected chi connectivity index (χ3v) is 5.37. The molecule has 1 aromatic carbocycles. The molecule has 1 fully saturated rings. The molecule has 1 aliphatic carbocycles. The van der Waals surface area contributed by atoms with Crippen molar-refractivity contribution in [1.82, 2.24) is 10.6 Å². The number of hydrogen-bond donors (Lipinski definition) is 2. The number of guanidine groups is 1. The number of methoxy groups -OCH3 is 2. The lowest BCUT2D eigenvalue weighted by Crippen LogP contribution is -2.43. The molecular weight excluding hydrogens is 507 g/mol. The number of aliphatic imine (C=N–C) groups is 1. The Balaban J connectivity index is 0.00000450. The number of nitrogens with zero attached hydrogens (tertiary/aromatic N) is 1. The number of hydrogen-bond acceptors (Lipinski definition) is 4. The van der Waals surface area contributed by atoms with Crippen LogP contribution in [0.3, 0.4) is 0 Å². The summed E-state index contributed by atoms with van der Waals surface area (Å²) in [5.41, 5.74) is 0.786. The summed E-state index contributed by atoms with van der Waals surface area (Å²) in [6, 6.07) is 4.86. The average molecular weight is 541 g/mol. The van der Waals surface area contributed by atoms with Gasteiger partial charge in [0.05, 0.1) is 13.7 Å². The van der Waals surface area contributed by atoms with Crippen LogP contribution in [-0.4, -0.2) is 46.5 Å². The highest BCUT2D eigenvalue weighted by molar-refractivity contribution is 14.0. The van der Waals surface area contributed by atoms with Crippen molar-refractivity contribution in [3.63, 3.8) is 0 Å². The summed E-state index contributed by atoms with van der Waals surface area (Å²) < 4.78 is 40.6. The molecule has 0 bridgehead atoms. The van der Waals surface area contributed by atoms with E-state index in [1.165, 1.54) is 38.9 Å². The molecule has 1 aromatic rings. The summed E-state index contributed by atoms with van der Waals surface area (Å²) in [5.74, 6) is 1.20. The Morgan fingerprint density at radius 1 is 1.20 bits per heavy atom. The summed E-state index contributed by atoms with van der Waals surface area (Å²) >= 11 is 0. The normalized spacial score (nSPS) is 15.6. The second kappa shape index (κ2) is 13.8. The fourth-order valence-electron chi connectivity index (χ4n) is 3.73. The van der Waals surface area contributed by atoms with Crippen molar-refractivity contribution in [1.29, 1.82) is 0 Å². The van der Waals surface area contributed by atoms with Gasteiger partial charge in [0.25, 0.3) is 0 Å². The van der Waals surface area contributed by atoms with E-state index >= 15 is 0 Å². The van der Waals surface area contributed by atoms with Gasteiger partial charge in [-0.2, -0.15) is 8.78 Å². The molecule has 1 saturated carbocycles. The molecule has 1 aliphatic rings. The first-order valence-electron chi connectivity index (χ1n) is 10.1. The maximum Gasteiger partial charge on any atom is 0.387 e. The number of halogens is 3. The minimum Gasteiger partial charge on any atom is -0.497 e. The molecule has 2 N–H and O–H groups in total. The number of benzene rings is 1. The quantitative estimate of drug-likeness (QED) is 0.244. The van der Waals surface area contributed by atoms with Crippen LogP contribution in [-0.2, 0) is 11.3 Å². The minimum atomic E-state index is -2.90. The number of ether oxygens (including phenoxy) is 3. The van der Waals surface area contributed by atoms with Crippen LogP contribution in [0.2, 0.25) is 0 Å². The van der Waals surface area contributed by atoms with E-state index in [1.54, 1.807) is 19.2 Å². The number of nitrogens with one attached hydrogen (secondary N) is 2. The van der Waals surface area contributed by atoms with Gasteiger partial charge in [-0.1, -0.05) is 12.8 Å². The third-order valence-electron chi connectivity index (χ3n) is 5.37. The van der Waals surface area contributed by atoms with Crippen LogP contribution in [0.1, 0.15) is 44.6 Å². The molecule has 0 unspecified atom stereocenters. The molecule has 0 aromatic heterocycles. The van der Waals surface area contributed by atoms with E-state index in [2.05, 4.69) is 20.4 Å². The van der Waals surface area contributed by atoms with Crippen molar-refractivity contribution >= 4 is 29.9 Å². The molecule has 0 atom stereocenters. The van der Waals surface area contributed by atoms with Crippen molar-refractivity contribution in [2.45, 2.75) is 52.2 Å². The van der Waals surface area contributed by atoms with E-state index in [0.717, 1.165) is 19.6 Å². The molecule has 30 heavy (non-hydrogen) atoms. The topological polar surface area (TPSA) is 64.1 Å². The van der Waals surface area contributed by atoms with E-state index in [4.69, 9.17) is 9.47 Å². The lowest BCUT2D eigenvalue weighted by Gasteiger charge is -2.30. The van der Waals surface area contributed by atoms with Crippen molar-refractivity contribution in [2.75, 3.05) is 33.9 Å². The van der Waals surface area contributed by atoms with E-state index in [-0.39, 0.29) is 41.7 Å². The highest BCUT2D eigenvalue weighted by atomic mass is 127. The summed E-state index contributed by atoms with van der Waals surface area (Å²) in [5, 5.41) is 6.66. The van der Waals surface area contributed by atoms with Crippen LogP contribution >= 0.6 is 24.0 Å². The molecular formula is C21H34F2IN3O3. The van der Waals surface area contributed by atoms with Gasteiger partial charge in [-0.05, 0) is 43.7 Å². The lowest BCUT2D eigenvalue weighted by molar-refractivity contribution is -0.0505. The zero-order valence-electron chi connectivity index (χ0n) is 18.0. The molecule has 6 nitrogen and oxygen atoms in total. The highest BCUT2D eigenvalue weighted by Gasteiger charge is 2.33. The summed E-state index contributed by atoms with van der Waals surface area (Å²) in [7, 11) is 3.21. The molecule has 0 heterocycles. The predicted molar refractivity (Wildman–Crippen MR) is 125 cm³/mol. The van der Waals surface area contributed by atoms with Crippen LogP contribution in [0.15, 0.2) is 23.2 Å². The Kier molecular flexibility index (Phi) is 12.3. The van der Waals surface area contributed by atoms with E-state index < -0.39 is 6.61 Å². The Morgan fingerprint density at radius 3 is 2.53 bits per heavy atom. The molecule has 2 rings (SSSR count). The van der Waals surface area contributed by atoms with Gasteiger partial charge in [-0.15, -0.1) is 24.0 Å². The molecule has 0 radical (unpaired) electrons. The van der Waals surface area contributed by atoms with Gasteiger partial charge in [0, 0.05) is 38.4 Å². The van der Waals surface area contributed by atoms with Gasteiger partial charge in [0.15, 0.2) is 5.96 Å². The van der Waals surface area contributed by atoms with Crippen molar-refractivity contribution in [3.05, 3.63) is 23.8 Å². The second-order valence-corrected chi connectivity index (χ2v) is 7.35. The number of alkyl halides is 2.